The first-order valence-corrected chi connectivity index (χ1v) is 10.8. The maximum absolute atomic E-state index is 13.0. The number of carbonyl (C=O) groups is 2. The SMILES string of the molecule is COCCOc1cc2cc(C(=O)Nc3cc(C(=O)OC)ccc3C)c(=O)[nH]c2cc1OCCOC. The molecule has 0 bridgehead atoms. The topological polar surface area (TPSA) is 125 Å². The fourth-order valence-corrected chi connectivity index (χ4v) is 3.27. The molecule has 0 unspecified atom stereocenters. The average Bonchev–Trinajstić information content (AvgIpc) is 2.85. The lowest BCUT2D eigenvalue weighted by Gasteiger charge is -2.14. The number of aromatic amines is 1. The number of aromatic nitrogens is 1. The molecule has 0 aliphatic carbocycles. The largest absolute Gasteiger partial charge is 0.487 e. The summed E-state index contributed by atoms with van der Waals surface area (Å²) in [4.78, 5) is 40.3. The Balaban J connectivity index is 1.95. The van der Waals surface area contributed by atoms with Crippen LogP contribution in [0.3, 0.4) is 0 Å². The normalized spacial score (nSPS) is 10.7. The van der Waals surface area contributed by atoms with E-state index in [0.29, 0.717) is 41.3 Å². The number of hydrogen-bond donors (Lipinski definition) is 2. The minimum absolute atomic E-state index is 0.101. The highest BCUT2D eigenvalue weighted by molar-refractivity contribution is 6.06. The number of esters is 1. The zero-order valence-electron chi connectivity index (χ0n) is 20.1. The number of ether oxygens (including phenoxy) is 5. The molecule has 0 saturated carbocycles. The van der Waals surface area contributed by atoms with Crippen molar-refractivity contribution in [2.24, 2.45) is 0 Å². The van der Waals surface area contributed by atoms with Crippen LogP contribution in [0, 0.1) is 6.92 Å². The highest BCUT2D eigenvalue weighted by Crippen LogP contribution is 2.32. The van der Waals surface area contributed by atoms with Crippen molar-refractivity contribution < 1.29 is 33.3 Å². The predicted octanol–water partition coefficient (Wildman–Crippen LogP) is 2.93. The number of fused-ring (bicyclic) bond motifs is 1. The van der Waals surface area contributed by atoms with E-state index in [9.17, 15) is 14.4 Å². The quantitative estimate of drug-likeness (QED) is 0.314. The summed E-state index contributed by atoms with van der Waals surface area (Å²) < 4.78 is 26.3. The number of rotatable bonds is 11. The summed E-state index contributed by atoms with van der Waals surface area (Å²) in [6, 6.07) is 9.58. The van der Waals surface area contributed by atoms with E-state index in [2.05, 4.69) is 10.3 Å². The highest BCUT2D eigenvalue weighted by atomic mass is 16.5. The second-order valence-electron chi connectivity index (χ2n) is 7.56. The van der Waals surface area contributed by atoms with Gasteiger partial charge in [0.2, 0.25) is 0 Å². The van der Waals surface area contributed by atoms with Crippen molar-refractivity contribution in [3.8, 4) is 11.5 Å². The van der Waals surface area contributed by atoms with Crippen molar-refractivity contribution in [1.29, 1.82) is 0 Å². The third kappa shape index (κ3) is 6.37. The molecule has 2 N–H and O–H groups in total. The Bertz CT molecular complexity index is 1270. The third-order valence-electron chi connectivity index (χ3n) is 5.15. The van der Waals surface area contributed by atoms with E-state index in [1.54, 1.807) is 45.4 Å². The molecule has 0 aliphatic rings. The summed E-state index contributed by atoms with van der Waals surface area (Å²) in [5.74, 6) is -0.298. The molecule has 10 nitrogen and oxygen atoms in total. The maximum atomic E-state index is 13.0. The number of methoxy groups -OCH3 is 3. The van der Waals surface area contributed by atoms with E-state index < -0.39 is 17.4 Å². The molecule has 1 heterocycles. The lowest BCUT2D eigenvalue weighted by atomic mass is 10.1. The van der Waals surface area contributed by atoms with Crippen LogP contribution in [-0.2, 0) is 14.2 Å². The Morgan fingerprint density at radius 2 is 1.54 bits per heavy atom. The zero-order valence-corrected chi connectivity index (χ0v) is 20.1. The number of aryl methyl sites for hydroxylation is 1. The highest BCUT2D eigenvalue weighted by Gasteiger charge is 2.17. The fraction of sp³-hybridized carbons (Fsp3) is 0.320. The smallest absolute Gasteiger partial charge is 0.337 e. The summed E-state index contributed by atoms with van der Waals surface area (Å²) in [7, 11) is 4.41. The van der Waals surface area contributed by atoms with Crippen molar-refractivity contribution in [3.05, 3.63) is 63.4 Å². The van der Waals surface area contributed by atoms with Crippen LogP contribution in [0.5, 0.6) is 11.5 Å². The molecule has 0 radical (unpaired) electrons. The molecule has 3 aromatic rings. The number of benzene rings is 2. The van der Waals surface area contributed by atoms with Crippen LogP contribution in [0.25, 0.3) is 10.9 Å². The van der Waals surface area contributed by atoms with Gasteiger partial charge in [0, 0.05) is 31.4 Å². The first-order valence-electron chi connectivity index (χ1n) is 10.8. The van der Waals surface area contributed by atoms with Gasteiger partial charge >= 0.3 is 5.97 Å². The molecule has 0 spiro atoms. The number of anilines is 1. The molecule has 0 saturated heterocycles. The van der Waals surface area contributed by atoms with E-state index >= 15 is 0 Å². The number of hydrogen-bond acceptors (Lipinski definition) is 8. The Labute approximate surface area is 202 Å². The lowest BCUT2D eigenvalue weighted by Crippen LogP contribution is -2.23. The second-order valence-corrected chi connectivity index (χ2v) is 7.56. The molecule has 0 fully saturated rings. The van der Waals surface area contributed by atoms with Gasteiger partial charge in [-0.25, -0.2) is 4.79 Å². The standard InChI is InChI=1S/C25H28N2O8/c1-15-5-6-16(25(30)33-4)12-19(15)26-23(28)18-11-17-13-21(34-9-7-31-2)22(35-10-8-32-3)14-20(17)27-24(18)29/h5-6,11-14H,7-10H2,1-4H3,(H,26,28)(H,27,29). The number of nitrogens with one attached hydrogen (secondary N) is 2. The number of pyridine rings is 1. The van der Waals surface area contributed by atoms with E-state index in [4.69, 9.17) is 23.7 Å². The number of carbonyl (C=O) groups excluding carboxylic acids is 2. The van der Waals surface area contributed by atoms with Gasteiger partial charge in [-0.3, -0.25) is 9.59 Å². The Hall–Kier alpha value is -3.89. The summed E-state index contributed by atoms with van der Waals surface area (Å²) in [5.41, 5.74) is 1.18. The molecule has 0 atom stereocenters. The van der Waals surface area contributed by atoms with Crippen molar-refractivity contribution in [1.82, 2.24) is 4.98 Å². The van der Waals surface area contributed by atoms with Crippen LogP contribution in [-0.4, -0.2) is 64.6 Å². The Morgan fingerprint density at radius 1 is 0.886 bits per heavy atom. The molecule has 186 valence electrons. The van der Waals surface area contributed by atoms with Crippen LogP contribution >= 0.6 is 0 Å². The summed E-state index contributed by atoms with van der Waals surface area (Å²) in [6.07, 6.45) is 0. The minimum atomic E-state index is -0.625. The van der Waals surface area contributed by atoms with Gasteiger partial charge in [-0.2, -0.15) is 0 Å². The molecule has 0 aliphatic heterocycles. The van der Waals surface area contributed by atoms with Gasteiger partial charge < -0.3 is 34.0 Å². The van der Waals surface area contributed by atoms with Gasteiger partial charge in [-0.05, 0) is 36.8 Å². The second kappa shape index (κ2) is 12.0. The van der Waals surface area contributed by atoms with Gasteiger partial charge in [0.05, 0.1) is 31.4 Å². The molecule has 10 heteroatoms. The molecule has 35 heavy (non-hydrogen) atoms. The Kier molecular flexibility index (Phi) is 8.82. The summed E-state index contributed by atoms with van der Waals surface area (Å²) >= 11 is 0. The van der Waals surface area contributed by atoms with Crippen LogP contribution in [0.4, 0.5) is 5.69 Å². The van der Waals surface area contributed by atoms with Gasteiger partial charge in [0.25, 0.3) is 11.5 Å². The lowest BCUT2D eigenvalue weighted by molar-refractivity contribution is 0.0600. The maximum Gasteiger partial charge on any atom is 0.337 e. The van der Waals surface area contributed by atoms with Crippen LogP contribution < -0.4 is 20.3 Å². The fourth-order valence-electron chi connectivity index (χ4n) is 3.27. The van der Waals surface area contributed by atoms with Crippen LogP contribution in [0.15, 0.2) is 41.2 Å². The van der Waals surface area contributed by atoms with Gasteiger partial charge in [0.15, 0.2) is 11.5 Å². The third-order valence-corrected chi connectivity index (χ3v) is 5.15. The number of amides is 1. The minimum Gasteiger partial charge on any atom is -0.487 e. The first-order chi connectivity index (χ1) is 16.9. The van der Waals surface area contributed by atoms with E-state index in [1.807, 2.05) is 0 Å². The zero-order chi connectivity index (χ0) is 25.4. The molecular formula is C25H28N2O8. The van der Waals surface area contributed by atoms with E-state index in [-0.39, 0.29) is 24.3 Å². The van der Waals surface area contributed by atoms with Crippen LogP contribution in [0.1, 0.15) is 26.3 Å². The first kappa shape index (κ1) is 25.7. The van der Waals surface area contributed by atoms with Crippen LogP contribution in [0.2, 0.25) is 0 Å². The van der Waals surface area contributed by atoms with E-state index in [0.717, 1.165) is 5.56 Å². The molecule has 1 amide bonds. The van der Waals surface area contributed by atoms with Crippen molar-refractivity contribution in [3.63, 3.8) is 0 Å². The van der Waals surface area contributed by atoms with Gasteiger partial charge in [-0.15, -0.1) is 0 Å². The van der Waals surface area contributed by atoms with Gasteiger partial charge in [0.1, 0.15) is 18.8 Å². The Morgan fingerprint density at radius 3 is 2.17 bits per heavy atom. The van der Waals surface area contributed by atoms with Crippen molar-refractivity contribution >= 4 is 28.5 Å². The predicted molar refractivity (Wildman–Crippen MR) is 130 cm³/mol. The molecule has 3 rings (SSSR count). The monoisotopic (exact) mass is 484 g/mol. The van der Waals surface area contributed by atoms with E-state index in [1.165, 1.54) is 19.2 Å². The summed E-state index contributed by atoms with van der Waals surface area (Å²) in [5, 5.41) is 3.27. The van der Waals surface area contributed by atoms with Crippen molar-refractivity contribution in [2.75, 3.05) is 53.1 Å². The average molecular weight is 485 g/mol. The van der Waals surface area contributed by atoms with Crippen molar-refractivity contribution in [2.45, 2.75) is 6.92 Å². The molecule has 1 aromatic heterocycles. The molecule has 2 aromatic carbocycles. The number of H-pyrrole nitrogens is 1. The van der Waals surface area contributed by atoms with Gasteiger partial charge in [-0.1, -0.05) is 6.07 Å². The summed E-state index contributed by atoms with van der Waals surface area (Å²) in [6.45, 7) is 3.10. The molecular weight excluding hydrogens is 456 g/mol.